The summed E-state index contributed by atoms with van der Waals surface area (Å²) >= 11 is 1.87. The van der Waals surface area contributed by atoms with Crippen molar-refractivity contribution in [3.8, 4) is 0 Å². The van der Waals surface area contributed by atoms with Crippen molar-refractivity contribution in [1.82, 2.24) is 10.2 Å². The Kier molecular flexibility index (Phi) is 3.64. The monoisotopic (exact) mass is 289 g/mol. The molecule has 5 nitrogen and oxygen atoms in total. The highest BCUT2D eigenvalue weighted by Gasteiger charge is 2.14. The van der Waals surface area contributed by atoms with E-state index in [-0.39, 0.29) is 5.69 Å². The van der Waals surface area contributed by atoms with Gasteiger partial charge in [-0.15, -0.1) is 21.5 Å². The quantitative estimate of drug-likeness (QED) is 0.876. The van der Waals surface area contributed by atoms with Crippen LogP contribution >= 0.6 is 11.3 Å². The molecule has 0 spiro atoms. The van der Waals surface area contributed by atoms with Crippen LogP contribution in [0.5, 0.6) is 0 Å². The minimum Gasteiger partial charge on any atom is -0.464 e. The van der Waals surface area contributed by atoms with Crippen molar-refractivity contribution in [1.29, 1.82) is 0 Å². The Morgan fingerprint density at radius 2 is 2.30 bits per heavy atom. The Balaban J connectivity index is 1.61. The first-order chi connectivity index (χ1) is 9.76. The van der Waals surface area contributed by atoms with Crippen molar-refractivity contribution in [2.24, 2.45) is 0 Å². The van der Waals surface area contributed by atoms with E-state index in [2.05, 4.69) is 26.3 Å². The van der Waals surface area contributed by atoms with Gasteiger partial charge in [-0.25, -0.2) is 4.79 Å². The average Bonchev–Trinajstić information content (AvgIpc) is 3.06. The SMILES string of the molecule is COC(=O)c1ccc(NCc2cc3c(s2)CCC3)nn1. The topological polar surface area (TPSA) is 64.1 Å². The smallest absolute Gasteiger partial charge is 0.358 e. The third-order valence-corrected chi connectivity index (χ3v) is 4.54. The van der Waals surface area contributed by atoms with E-state index in [1.165, 1.54) is 41.7 Å². The molecule has 0 amide bonds. The first kappa shape index (κ1) is 13.1. The van der Waals surface area contributed by atoms with Gasteiger partial charge in [0.2, 0.25) is 0 Å². The number of nitrogens with zero attached hydrogens (tertiary/aromatic N) is 2. The molecule has 0 aromatic carbocycles. The molecule has 0 fully saturated rings. The maximum absolute atomic E-state index is 11.2. The van der Waals surface area contributed by atoms with Crippen LogP contribution in [0.3, 0.4) is 0 Å². The van der Waals surface area contributed by atoms with Crippen molar-refractivity contribution in [3.05, 3.63) is 39.2 Å². The van der Waals surface area contributed by atoms with E-state index in [1.54, 1.807) is 12.1 Å². The van der Waals surface area contributed by atoms with Crippen LogP contribution in [0, 0.1) is 0 Å². The molecular formula is C14H15N3O2S. The zero-order valence-corrected chi connectivity index (χ0v) is 12.0. The third kappa shape index (κ3) is 2.65. The Morgan fingerprint density at radius 1 is 1.40 bits per heavy atom. The molecule has 0 aliphatic heterocycles. The molecule has 2 aromatic rings. The van der Waals surface area contributed by atoms with Gasteiger partial charge in [0.25, 0.3) is 0 Å². The van der Waals surface area contributed by atoms with Crippen LogP contribution in [-0.2, 0) is 24.1 Å². The number of hydrogen-bond acceptors (Lipinski definition) is 6. The highest BCUT2D eigenvalue weighted by Crippen LogP contribution is 2.30. The van der Waals surface area contributed by atoms with Crippen molar-refractivity contribution in [2.75, 3.05) is 12.4 Å². The van der Waals surface area contributed by atoms with Crippen molar-refractivity contribution in [3.63, 3.8) is 0 Å². The largest absolute Gasteiger partial charge is 0.464 e. The fourth-order valence-corrected chi connectivity index (χ4v) is 3.50. The van der Waals surface area contributed by atoms with Gasteiger partial charge in [0, 0.05) is 9.75 Å². The molecule has 2 heterocycles. The number of nitrogens with one attached hydrogen (secondary N) is 1. The maximum Gasteiger partial charge on any atom is 0.358 e. The summed E-state index contributed by atoms with van der Waals surface area (Å²) in [4.78, 5) is 14.1. The predicted molar refractivity (Wildman–Crippen MR) is 77.0 cm³/mol. The van der Waals surface area contributed by atoms with E-state index in [9.17, 15) is 4.79 Å². The molecule has 1 aliphatic carbocycles. The van der Waals surface area contributed by atoms with Gasteiger partial charge in [-0.05, 0) is 43.0 Å². The summed E-state index contributed by atoms with van der Waals surface area (Å²) in [5.41, 5.74) is 1.71. The summed E-state index contributed by atoms with van der Waals surface area (Å²) < 4.78 is 4.58. The van der Waals surface area contributed by atoms with E-state index in [1.807, 2.05) is 11.3 Å². The predicted octanol–water partition coefficient (Wildman–Crippen LogP) is 2.43. The van der Waals surface area contributed by atoms with Gasteiger partial charge < -0.3 is 10.1 Å². The molecule has 0 saturated carbocycles. The van der Waals surface area contributed by atoms with Crippen LogP contribution in [0.15, 0.2) is 18.2 Å². The molecule has 20 heavy (non-hydrogen) atoms. The summed E-state index contributed by atoms with van der Waals surface area (Å²) in [5.74, 6) is 0.185. The number of carbonyl (C=O) groups excluding carboxylic acids is 1. The van der Waals surface area contributed by atoms with E-state index in [0.717, 1.165) is 6.54 Å². The molecule has 1 N–H and O–H groups in total. The molecule has 104 valence electrons. The van der Waals surface area contributed by atoms with Gasteiger partial charge in [-0.2, -0.15) is 0 Å². The van der Waals surface area contributed by atoms with Crippen molar-refractivity contribution < 1.29 is 9.53 Å². The van der Waals surface area contributed by atoms with Gasteiger partial charge in [-0.1, -0.05) is 0 Å². The van der Waals surface area contributed by atoms with Gasteiger partial charge in [0.1, 0.15) is 5.82 Å². The van der Waals surface area contributed by atoms with Crippen LogP contribution in [0.25, 0.3) is 0 Å². The highest BCUT2D eigenvalue weighted by atomic mass is 32.1. The Hall–Kier alpha value is -1.95. The number of aromatic nitrogens is 2. The van der Waals surface area contributed by atoms with Crippen LogP contribution in [-0.4, -0.2) is 23.3 Å². The minimum atomic E-state index is -0.473. The zero-order chi connectivity index (χ0) is 13.9. The molecule has 3 rings (SSSR count). The number of hydrogen-bond donors (Lipinski definition) is 1. The molecule has 0 radical (unpaired) electrons. The number of aryl methyl sites for hydroxylation is 2. The van der Waals surface area contributed by atoms with Gasteiger partial charge in [0.05, 0.1) is 13.7 Å². The van der Waals surface area contributed by atoms with Crippen LogP contribution in [0.4, 0.5) is 5.82 Å². The van der Waals surface area contributed by atoms with Crippen LogP contribution < -0.4 is 5.32 Å². The number of thiophene rings is 1. The summed E-state index contributed by atoms with van der Waals surface area (Å²) in [7, 11) is 1.33. The average molecular weight is 289 g/mol. The van der Waals surface area contributed by atoms with Crippen molar-refractivity contribution >= 4 is 23.1 Å². The lowest BCUT2D eigenvalue weighted by atomic mass is 10.2. The third-order valence-electron chi connectivity index (χ3n) is 3.30. The number of methoxy groups -OCH3 is 1. The standard InChI is InChI=1S/C14H15N3O2S/c1-19-14(18)11-5-6-13(17-16-11)15-8-10-7-9-3-2-4-12(9)20-10/h5-7H,2-4,8H2,1H3,(H,15,17). The maximum atomic E-state index is 11.2. The van der Waals surface area contributed by atoms with Crippen LogP contribution in [0.2, 0.25) is 0 Å². The minimum absolute atomic E-state index is 0.216. The zero-order valence-electron chi connectivity index (χ0n) is 11.2. The number of anilines is 1. The fraction of sp³-hybridized carbons (Fsp3) is 0.357. The number of esters is 1. The lowest BCUT2D eigenvalue weighted by Gasteiger charge is -2.03. The van der Waals surface area contributed by atoms with Crippen LogP contribution in [0.1, 0.15) is 32.2 Å². The van der Waals surface area contributed by atoms with E-state index < -0.39 is 5.97 Å². The van der Waals surface area contributed by atoms with Gasteiger partial charge in [-0.3, -0.25) is 0 Å². The summed E-state index contributed by atoms with van der Waals surface area (Å²) in [6.45, 7) is 0.740. The van der Waals surface area contributed by atoms with Gasteiger partial charge in [0.15, 0.2) is 5.69 Å². The molecule has 0 bridgehead atoms. The molecular weight excluding hydrogens is 274 g/mol. The summed E-state index contributed by atoms with van der Waals surface area (Å²) in [6.07, 6.45) is 3.71. The van der Waals surface area contributed by atoms with E-state index >= 15 is 0 Å². The molecule has 0 atom stereocenters. The first-order valence-corrected chi connectivity index (χ1v) is 7.34. The highest BCUT2D eigenvalue weighted by molar-refractivity contribution is 7.12. The van der Waals surface area contributed by atoms with E-state index in [4.69, 9.17) is 0 Å². The summed E-state index contributed by atoms with van der Waals surface area (Å²) in [6, 6.07) is 5.62. The number of ether oxygens (including phenoxy) is 1. The molecule has 0 saturated heterocycles. The Morgan fingerprint density at radius 3 is 3.00 bits per heavy atom. The van der Waals surface area contributed by atoms with E-state index in [0.29, 0.717) is 5.82 Å². The fourth-order valence-electron chi connectivity index (χ4n) is 2.30. The summed E-state index contributed by atoms with van der Waals surface area (Å²) in [5, 5.41) is 11.0. The molecule has 0 unspecified atom stereocenters. The second-order valence-electron chi connectivity index (χ2n) is 4.66. The lowest BCUT2D eigenvalue weighted by molar-refractivity contribution is 0.0593. The Bertz CT molecular complexity index is 600. The second-order valence-corrected chi connectivity index (χ2v) is 5.88. The number of carbonyl (C=O) groups is 1. The Labute approximate surface area is 121 Å². The molecule has 2 aromatic heterocycles. The molecule has 1 aliphatic rings. The normalized spacial score (nSPS) is 13.1. The number of fused-ring (bicyclic) bond motifs is 1. The van der Waals surface area contributed by atoms with Gasteiger partial charge >= 0.3 is 5.97 Å². The first-order valence-electron chi connectivity index (χ1n) is 6.52. The second kappa shape index (κ2) is 5.58. The lowest BCUT2D eigenvalue weighted by Crippen LogP contribution is -2.07. The molecule has 6 heteroatoms. The number of rotatable bonds is 4. The van der Waals surface area contributed by atoms with Crippen molar-refractivity contribution in [2.45, 2.75) is 25.8 Å².